The third-order valence-corrected chi connectivity index (χ3v) is 3.40. The van der Waals surface area contributed by atoms with Gasteiger partial charge in [-0.15, -0.1) is 0 Å². The predicted octanol–water partition coefficient (Wildman–Crippen LogP) is 3.67. The van der Waals surface area contributed by atoms with Gasteiger partial charge in [-0.25, -0.2) is 5.43 Å². The van der Waals surface area contributed by atoms with Crippen LogP contribution in [0, 0.1) is 0 Å². The fourth-order valence-corrected chi connectivity index (χ4v) is 2.00. The molecule has 0 atom stereocenters. The molecule has 1 amide bonds. The lowest BCUT2D eigenvalue weighted by Gasteiger charge is -2.05. The van der Waals surface area contributed by atoms with Crippen molar-refractivity contribution in [3.63, 3.8) is 0 Å². The van der Waals surface area contributed by atoms with E-state index in [1.54, 1.807) is 0 Å². The number of esters is 1. The molecule has 0 unspecified atom stereocenters. The zero-order chi connectivity index (χ0) is 18.7. The number of hydrogen-bond donors (Lipinski definition) is 1. The number of nitrogens with one attached hydrogen (secondary N) is 1. The highest BCUT2D eigenvalue weighted by Crippen LogP contribution is 2.28. The zero-order valence-electron chi connectivity index (χ0n) is 13.9. The first-order valence-corrected chi connectivity index (χ1v) is 7.89. The van der Waals surface area contributed by atoms with Gasteiger partial charge in [0.1, 0.15) is 0 Å². The first kappa shape index (κ1) is 20.7. The number of carbonyl (C=O) groups excluding carboxylic acids is 2. The summed E-state index contributed by atoms with van der Waals surface area (Å²) in [5.74, 6) is -0.508. The van der Waals surface area contributed by atoms with Crippen LogP contribution in [0.25, 0.3) is 0 Å². The van der Waals surface area contributed by atoms with Gasteiger partial charge in [-0.2, -0.15) is 18.3 Å². The summed E-state index contributed by atoms with van der Waals surface area (Å²) in [6.07, 6.45) is 0.616. The topological polar surface area (TPSA) is 67.8 Å². The Hall–Kier alpha value is -2.38. The smallest absolute Gasteiger partial charge is 0.416 e. The Kier molecular flexibility index (Phi) is 8.66. The van der Waals surface area contributed by atoms with Crippen molar-refractivity contribution in [3.8, 4) is 0 Å². The molecule has 8 heteroatoms. The van der Waals surface area contributed by atoms with Crippen molar-refractivity contribution in [2.75, 3.05) is 7.11 Å². The van der Waals surface area contributed by atoms with Crippen LogP contribution < -0.4 is 5.43 Å². The van der Waals surface area contributed by atoms with E-state index in [1.807, 2.05) is 0 Å². The molecule has 0 heterocycles. The van der Waals surface area contributed by atoms with Crippen LogP contribution in [-0.2, 0) is 20.5 Å². The van der Waals surface area contributed by atoms with E-state index >= 15 is 0 Å². The Morgan fingerprint density at radius 2 is 1.68 bits per heavy atom. The molecule has 0 aliphatic heterocycles. The highest BCUT2D eigenvalue weighted by molar-refractivity contribution is 5.82. The number of benzene rings is 1. The minimum atomic E-state index is -4.37. The minimum absolute atomic E-state index is 0.240. The molecule has 138 valence electrons. The van der Waals surface area contributed by atoms with Gasteiger partial charge in [0, 0.05) is 12.8 Å². The second-order valence-electron chi connectivity index (χ2n) is 5.40. The van der Waals surface area contributed by atoms with Crippen LogP contribution in [0.3, 0.4) is 0 Å². The molecule has 5 nitrogen and oxygen atoms in total. The van der Waals surface area contributed by atoms with Crippen molar-refractivity contribution in [2.45, 2.75) is 44.7 Å². The van der Waals surface area contributed by atoms with Crippen molar-refractivity contribution in [3.05, 3.63) is 35.4 Å². The Balaban J connectivity index is 2.21. The number of carbonyl (C=O) groups is 2. The Morgan fingerprint density at radius 3 is 2.24 bits per heavy atom. The van der Waals surface area contributed by atoms with E-state index < -0.39 is 11.7 Å². The summed E-state index contributed by atoms with van der Waals surface area (Å²) in [7, 11) is 1.35. The lowest BCUT2D eigenvalue weighted by molar-refractivity contribution is -0.141. The lowest BCUT2D eigenvalue weighted by atomic mass is 10.1. The second-order valence-corrected chi connectivity index (χ2v) is 5.40. The maximum Gasteiger partial charge on any atom is 0.416 e. The van der Waals surface area contributed by atoms with Crippen LogP contribution in [0.15, 0.2) is 29.4 Å². The van der Waals surface area contributed by atoms with Gasteiger partial charge in [-0.1, -0.05) is 25.0 Å². The molecule has 1 rings (SSSR count). The Bertz CT molecular complexity index is 584. The highest BCUT2D eigenvalue weighted by Gasteiger charge is 2.29. The molecular formula is C17H21F3N2O3. The molecule has 0 spiro atoms. The van der Waals surface area contributed by atoms with Gasteiger partial charge in [0.25, 0.3) is 0 Å². The molecule has 1 N–H and O–H groups in total. The molecule has 0 radical (unpaired) electrons. The first-order chi connectivity index (χ1) is 11.8. The van der Waals surface area contributed by atoms with E-state index in [-0.39, 0.29) is 11.9 Å². The van der Waals surface area contributed by atoms with Crippen molar-refractivity contribution >= 4 is 18.1 Å². The quantitative estimate of drug-likeness (QED) is 0.317. The normalized spacial score (nSPS) is 11.5. The van der Waals surface area contributed by atoms with Crippen molar-refractivity contribution < 1.29 is 27.5 Å². The summed E-state index contributed by atoms with van der Waals surface area (Å²) >= 11 is 0. The Morgan fingerprint density at radius 1 is 1.08 bits per heavy atom. The van der Waals surface area contributed by atoms with Crippen LogP contribution >= 0.6 is 0 Å². The third kappa shape index (κ3) is 8.88. The zero-order valence-corrected chi connectivity index (χ0v) is 13.9. The number of ether oxygens (including phenoxy) is 1. The maximum absolute atomic E-state index is 12.4. The summed E-state index contributed by atoms with van der Waals surface area (Å²) in [5.41, 5.74) is 2.05. The standard InChI is InChI=1S/C17H21F3N2O3/c1-25-16(24)7-5-3-2-4-6-15(23)22-21-12-13-8-10-14(11-9-13)17(18,19)20/h8-12H,2-7H2,1H3,(H,22,23)/b21-12+. The lowest BCUT2D eigenvalue weighted by Crippen LogP contribution is -2.16. The van der Waals surface area contributed by atoms with E-state index in [9.17, 15) is 22.8 Å². The number of methoxy groups -OCH3 is 1. The molecule has 25 heavy (non-hydrogen) atoms. The average Bonchev–Trinajstić information content (AvgIpc) is 2.57. The molecule has 1 aromatic rings. The maximum atomic E-state index is 12.4. The predicted molar refractivity (Wildman–Crippen MR) is 86.9 cm³/mol. The van der Waals surface area contributed by atoms with Gasteiger partial charge in [0.2, 0.25) is 5.91 Å². The molecule has 0 aliphatic carbocycles. The van der Waals surface area contributed by atoms with Gasteiger partial charge in [0.05, 0.1) is 18.9 Å². The van der Waals surface area contributed by atoms with Crippen LogP contribution in [0.1, 0.15) is 49.7 Å². The van der Waals surface area contributed by atoms with Gasteiger partial charge in [-0.05, 0) is 30.5 Å². The van der Waals surface area contributed by atoms with Gasteiger partial charge < -0.3 is 4.74 Å². The van der Waals surface area contributed by atoms with Gasteiger partial charge >= 0.3 is 12.1 Å². The van der Waals surface area contributed by atoms with Crippen LogP contribution in [0.2, 0.25) is 0 Å². The molecular weight excluding hydrogens is 337 g/mol. The van der Waals surface area contributed by atoms with Crippen LogP contribution in [-0.4, -0.2) is 25.2 Å². The molecule has 0 fully saturated rings. The molecule has 0 saturated carbocycles. The number of halogens is 3. The van der Waals surface area contributed by atoms with Crippen molar-refractivity contribution in [1.29, 1.82) is 0 Å². The third-order valence-electron chi connectivity index (χ3n) is 3.40. The van der Waals surface area contributed by atoms with Gasteiger partial charge in [-0.3, -0.25) is 9.59 Å². The van der Waals surface area contributed by atoms with E-state index in [1.165, 1.54) is 25.5 Å². The largest absolute Gasteiger partial charge is 0.469 e. The summed E-state index contributed by atoms with van der Waals surface area (Å²) in [6, 6.07) is 4.47. The number of rotatable bonds is 9. The molecule has 0 bridgehead atoms. The highest BCUT2D eigenvalue weighted by atomic mass is 19.4. The summed E-state index contributed by atoms with van der Waals surface area (Å²) in [4.78, 5) is 22.5. The fourth-order valence-electron chi connectivity index (χ4n) is 2.00. The number of unbranched alkanes of at least 4 members (excludes halogenated alkanes) is 3. The number of nitrogens with zero attached hydrogens (tertiary/aromatic N) is 1. The number of alkyl halides is 3. The molecule has 0 saturated heterocycles. The first-order valence-electron chi connectivity index (χ1n) is 7.89. The second kappa shape index (κ2) is 10.5. The minimum Gasteiger partial charge on any atom is -0.469 e. The fraction of sp³-hybridized carbons (Fsp3) is 0.471. The number of hydrogen-bond acceptors (Lipinski definition) is 4. The van der Waals surface area contributed by atoms with Gasteiger partial charge in [0.15, 0.2) is 0 Å². The van der Waals surface area contributed by atoms with E-state index in [2.05, 4.69) is 15.3 Å². The van der Waals surface area contributed by atoms with Crippen LogP contribution in [0.5, 0.6) is 0 Å². The summed E-state index contributed by atoms with van der Waals surface area (Å²) in [6.45, 7) is 0. The van der Waals surface area contributed by atoms with Crippen molar-refractivity contribution in [2.24, 2.45) is 5.10 Å². The molecule has 1 aromatic carbocycles. The number of amides is 1. The average molecular weight is 358 g/mol. The summed E-state index contributed by atoms with van der Waals surface area (Å²) < 4.78 is 41.8. The molecule has 0 aromatic heterocycles. The van der Waals surface area contributed by atoms with E-state index in [0.29, 0.717) is 24.8 Å². The molecule has 0 aliphatic rings. The summed E-state index contributed by atoms with van der Waals surface area (Å²) in [5, 5.41) is 3.72. The number of hydrazone groups is 1. The van der Waals surface area contributed by atoms with E-state index in [4.69, 9.17) is 0 Å². The van der Waals surface area contributed by atoms with Crippen molar-refractivity contribution in [1.82, 2.24) is 5.43 Å². The monoisotopic (exact) mass is 358 g/mol. The van der Waals surface area contributed by atoms with Crippen LogP contribution in [0.4, 0.5) is 13.2 Å². The Labute approximate surface area is 144 Å². The SMILES string of the molecule is COC(=O)CCCCCCC(=O)N/N=C/c1ccc(C(F)(F)F)cc1. The van der Waals surface area contributed by atoms with E-state index in [0.717, 1.165) is 31.4 Å².